The molecule has 0 fully saturated rings. The number of anilines is 1. The quantitative estimate of drug-likeness (QED) is 0.705. The van der Waals surface area contributed by atoms with Crippen LogP contribution in [0.3, 0.4) is 0 Å². The van der Waals surface area contributed by atoms with Gasteiger partial charge in [0.25, 0.3) is 5.91 Å². The summed E-state index contributed by atoms with van der Waals surface area (Å²) < 4.78 is 1.41. The molecule has 142 valence electrons. The van der Waals surface area contributed by atoms with E-state index in [1.54, 1.807) is 42.8 Å². The van der Waals surface area contributed by atoms with Gasteiger partial charge in [-0.05, 0) is 35.6 Å². The highest BCUT2D eigenvalue weighted by atomic mass is 35.5. The lowest BCUT2D eigenvalue weighted by molar-refractivity contribution is -0.426. The van der Waals surface area contributed by atoms with Gasteiger partial charge >= 0.3 is 11.9 Å². The van der Waals surface area contributed by atoms with E-state index in [2.05, 4.69) is 0 Å². The first-order valence-corrected chi connectivity index (χ1v) is 9.95. The second kappa shape index (κ2) is 7.86. The lowest BCUT2D eigenvalue weighted by Crippen LogP contribution is -2.57. The molecule has 0 saturated heterocycles. The van der Waals surface area contributed by atoms with Crippen molar-refractivity contribution in [2.24, 2.45) is 5.92 Å². The first kappa shape index (κ1) is 19.6. The van der Waals surface area contributed by atoms with Crippen molar-refractivity contribution < 1.29 is 19.0 Å². The Morgan fingerprint density at radius 3 is 2.78 bits per heavy atom. The third-order valence-electron chi connectivity index (χ3n) is 4.40. The van der Waals surface area contributed by atoms with Gasteiger partial charge in [-0.2, -0.15) is 14.3 Å². The molecule has 0 spiro atoms. The summed E-state index contributed by atoms with van der Waals surface area (Å²) in [5.41, 5.74) is 1.22. The largest absolute Gasteiger partial charge is 0.501 e. The summed E-state index contributed by atoms with van der Waals surface area (Å²) in [6, 6.07) is 6.51. The lowest BCUT2D eigenvalue weighted by atomic mass is 10.1. The van der Waals surface area contributed by atoms with Crippen molar-refractivity contribution in [1.82, 2.24) is 4.90 Å². The molecule has 0 aliphatic carbocycles. The Kier molecular flexibility index (Phi) is 5.72. The smallest absolute Gasteiger partial charge is 0.312 e. The zero-order chi connectivity index (χ0) is 19.7. The number of thioether (sulfide) groups is 1. The Labute approximate surface area is 167 Å². The highest BCUT2D eigenvalue weighted by molar-refractivity contribution is 8.04. The number of carbonyl (C=O) groups excluding carboxylic acids is 3. The molecular weight excluding hydrogens is 386 g/mol. The standard InChI is InChI=1S/C19H21ClN3O3S/c1-12(2)10-23-18(25)17-15(7-8-27-17)22(19(23)26)11-16(24)21(3)14-6-4-5-13(20)9-14/h4-9,12,17H,10-11H2,1-3H3/q+1. The number of fused-ring (bicyclic) bond motifs is 1. The van der Waals surface area contributed by atoms with E-state index in [4.69, 9.17) is 11.6 Å². The number of halogens is 1. The van der Waals surface area contributed by atoms with Gasteiger partial charge < -0.3 is 4.90 Å². The maximum atomic E-state index is 12.9. The molecule has 1 atom stereocenters. The summed E-state index contributed by atoms with van der Waals surface area (Å²) in [5.74, 6) is -0.336. The number of allylic oxidation sites excluding steroid dienone is 1. The molecule has 1 aromatic carbocycles. The molecule has 4 amide bonds. The van der Waals surface area contributed by atoms with Crippen molar-refractivity contribution in [1.29, 1.82) is 0 Å². The molecule has 0 bridgehead atoms. The maximum absolute atomic E-state index is 12.9. The van der Waals surface area contributed by atoms with Crippen LogP contribution in [0, 0.1) is 5.92 Å². The van der Waals surface area contributed by atoms with Crippen LogP contribution in [0.25, 0.3) is 0 Å². The SMILES string of the molecule is CC(C)CN1C(=O)C2SC=CC2=[N+](CC(=O)N(C)c2cccc(Cl)c2)C1=O. The van der Waals surface area contributed by atoms with Gasteiger partial charge in [-0.25, -0.2) is 4.79 Å². The van der Waals surface area contributed by atoms with Crippen LogP contribution in [0.1, 0.15) is 13.8 Å². The third-order valence-corrected chi connectivity index (χ3v) is 5.64. The average molecular weight is 407 g/mol. The van der Waals surface area contributed by atoms with Gasteiger partial charge in [-0.1, -0.05) is 31.5 Å². The van der Waals surface area contributed by atoms with Crippen LogP contribution in [0.15, 0.2) is 35.7 Å². The molecule has 1 aromatic rings. The predicted octanol–water partition coefficient (Wildman–Crippen LogP) is 3.00. The molecule has 0 saturated carbocycles. The van der Waals surface area contributed by atoms with Crippen LogP contribution in [0.2, 0.25) is 5.02 Å². The summed E-state index contributed by atoms with van der Waals surface area (Å²) >= 11 is 7.36. The van der Waals surface area contributed by atoms with Gasteiger partial charge in [0.1, 0.15) is 5.71 Å². The van der Waals surface area contributed by atoms with Crippen molar-refractivity contribution >= 4 is 52.6 Å². The van der Waals surface area contributed by atoms with Gasteiger partial charge in [0.05, 0.1) is 6.54 Å². The van der Waals surface area contributed by atoms with Crippen LogP contribution in [0.4, 0.5) is 10.5 Å². The molecule has 3 rings (SSSR count). The summed E-state index contributed by atoms with van der Waals surface area (Å²) in [5, 5.41) is 1.85. The molecule has 8 heteroatoms. The van der Waals surface area contributed by atoms with Crippen molar-refractivity contribution in [2.45, 2.75) is 19.1 Å². The number of hydrogen-bond donors (Lipinski definition) is 0. The van der Waals surface area contributed by atoms with E-state index in [1.807, 2.05) is 13.8 Å². The van der Waals surface area contributed by atoms with Crippen molar-refractivity contribution in [3.63, 3.8) is 0 Å². The van der Waals surface area contributed by atoms with E-state index >= 15 is 0 Å². The molecule has 2 heterocycles. The molecular formula is C19H21ClN3O3S+. The van der Waals surface area contributed by atoms with Gasteiger partial charge in [0.15, 0.2) is 11.8 Å². The number of urea groups is 1. The zero-order valence-electron chi connectivity index (χ0n) is 15.4. The van der Waals surface area contributed by atoms with Crippen molar-refractivity contribution in [3.8, 4) is 0 Å². The minimum Gasteiger partial charge on any atom is -0.312 e. The minimum absolute atomic E-state index is 0.138. The Morgan fingerprint density at radius 2 is 2.11 bits per heavy atom. The summed E-state index contributed by atoms with van der Waals surface area (Å²) in [6.45, 7) is 4.09. The fraction of sp³-hybridized carbons (Fsp3) is 0.368. The fourth-order valence-electron chi connectivity index (χ4n) is 3.02. The number of benzene rings is 1. The Balaban J connectivity index is 1.88. The van der Waals surface area contributed by atoms with E-state index in [0.29, 0.717) is 23.0 Å². The number of imide groups is 1. The van der Waals surface area contributed by atoms with Crippen LogP contribution in [-0.4, -0.2) is 58.4 Å². The maximum Gasteiger partial charge on any atom is 0.501 e. The van der Waals surface area contributed by atoms with Crippen LogP contribution >= 0.6 is 23.4 Å². The molecule has 0 radical (unpaired) electrons. The number of nitrogens with zero attached hydrogens (tertiary/aromatic N) is 3. The van der Waals surface area contributed by atoms with E-state index in [0.717, 1.165) is 0 Å². The van der Waals surface area contributed by atoms with E-state index < -0.39 is 11.3 Å². The average Bonchev–Trinajstić information content (AvgIpc) is 3.11. The number of likely N-dealkylation sites (N-methyl/N-ethyl adjacent to an activating group) is 1. The number of carbonyl (C=O) groups is 3. The predicted molar refractivity (Wildman–Crippen MR) is 107 cm³/mol. The van der Waals surface area contributed by atoms with Gasteiger partial charge in [-0.15, -0.1) is 11.8 Å². The van der Waals surface area contributed by atoms with Gasteiger partial charge in [0.2, 0.25) is 0 Å². The van der Waals surface area contributed by atoms with Crippen LogP contribution in [0.5, 0.6) is 0 Å². The molecule has 2 aliphatic rings. The topological polar surface area (TPSA) is 60.7 Å². The van der Waals surface area contributed by atoms with Crippen LogP contribution in [-0.2, 0) is 9.59 Å². The van der Waals surface area contributed by atoms with Gasteiger partial charge in [0, 0.05) is 17.8 Å². The number of rotatable bonds is 5. The van der Waals surface area contributed by atoms with E-state index in [1.165, 1.54) is 26.1 Å². The highest BCUT2D eigenvalue weighted by Crippen LogP contribution is 2.28. The Hall–Kier alpha value is -2.12. The lowest BCUT2D eigenvalue weighted by Gasteiger charge is -2.26. The summed E-state index contributed by atoms with van der Waals surface area (Å²) in [4.78, 5) is 41.1. The third kappa shape index (κ3) is 3.94. The Morgan fingerprint density at radius 1 is 1.37 bits per heavy atom. The second-order valence-corrected chi connectivity index (χ2v) is 8.34. The van der Waals surface area contributed by atoms with E-state index in [-0.39, 0.29) is 24.3 Å². The fourth-order valence-corrected chi connectivity index (χ4v) is 4.16. The van der Waals surface area contributed by atoms with Crippen molar-refractivity contribution in [3.05, 3.63) is 40.8 Å². The van der Waals surface area contributed by atoms with Crippen molar-refractivity contribution in [2.75, 3.05) is 25.0 Å². The molecule has 1 unspecified atom stereocenters. The van der Waals surface area contributed by atoms with Gasteiger partial charge in [-0.3, -0.25) is 4.79 Å². The van der Waals surface area contributed by atoms with Crippen LogP contribution < -0.4 is 4.90 Å². The molecule has 6 nitrogen and oxygen atoms in total. The molecule has 2 aliphatic heterocycles. The zero-order valence-corrected chi connectivity index (χ0v) is 17.0. The molecule has 27 heavy (non-hydrogen) atoms. The Bertz CT molecular complexity index is 866. The summed E-state index contributed by atoms with van der Waals surface area (Å²) in [6.07, 6.45) is 1.74. The molecule has 0 aromatic heterocycles. The number of amides is 4. The minimum atomic E-state index is -0.467. The number of hydrogen-bond acceptors (Lipinski definition) is 4. The monoisotopic (exact) mass is 406 g/mol. The first-order valence-electron chi connectivity index (χ1n) is 8.63. The first-order chi connectivity index (χ1) is 12.8. The highest BCUT2D eigenvalue weighted by Gasteiger charge is 2.49. The second-order valence-electron chi connectivity index (χ2n) is 6.89. The summed E-state index contributed by atoms with van der Waals surface area (Å²) in [7, 11) is 1.64. The normalized spacial score (nSPS) is 19.1. The van der Waals surface area contributed by atoms with E-state index in [9.17, 15) is 14.4 Å². The molecule has 0 N–H and O–H groups in total.